The molecule has 4 aromatic heterocycles. The van der Waals surface area contributed by atoms with Crippen LogP contribution in [0.25, 0.3) is 22.3 Å². The van der Waals surface area contributed by atoms with Crippen LogP contribution in [0.1, 0.15) is 37.8 Å². The zero-order chi connectivity index (χ0) is 23.9. The van der Waals surface area contributed by atoms with Crippen LogP contribution in [-0.2, 0) is 0 Å². The summed E-state index contributed by atoms with van der Waals surface area (Å²) in [5.41, 5.74) is 7.67. The number of hydrogen-bond donors (Lipinski definition) is 1. The zero-order valence-corrected chi connectivity index (χ0v) is 18.3. The number of nitrogen functional groups attached to an aromatic ring is 1. The van der Waals surface area contributed by atoms with E-state index in [2.05, 4.69) is 15.1 Å². The van der Waals surface area contributed by atoms with Gasteiger partial charge in [0.2, 0.25) is 5.95 Å². The SMILES string of the molecule is FC1(F)CCCN(C2CCC2)C1.N#Cc1nc(N)nn2ccc(-c3cc(F)c4nccn4c3)c12. The molecule has 0 unspecified atom stereocenters. The molecule has 1 aliphatic heterocycles. The highest BCUT2D eigenvalue weighted by Crippen LogP contribution is 2.33. The lowest BCUT2D eigenvalue weighted by molar-refractivity contribution is -0.0833. The van der Waals surface area contributed by atoms with Crippen molar-refractivity contribution in [1.82, 2.24) is 28.9 Å². The lowest BCUT2D eigenvalue weighted by atomic mass is 9.89. The first kappa shape index (κ1) is 22.2. The van der Waals surface area contributed by atoms with Crippen molar-refractivity contribution in [2.75, 3.05) is 18.8 Å². The molecule has 2 aliphatic rings. The first-order chi connectivity index (χ1) is 16.3. The van der Waals surface area contributed by atoms with E-state index >= 15 is 0 Å². The summed E-state index contributed by atoms with van der Waals surface area (Å²) in [5, 5.41) is 13.3. The average molecular weight is 468 g/mol. The minimum Gasteiger partial charge on any atom is -0.367 e. The quantitative estimate of drug-likeness (QED) is 0.479. The highest BCUT2D eigenvalue weighted by atomic mass is 19.3. The first-order valence-electron chi connectivity index (χ1n) is 11.1. The van der Waals surface area contributed by atoms with Gasteiger partial charge >= 0.3 is 0 Å². The lowest BCUT2D eigenvalue weighted by Crippen LogP contribution is -2.50. The van der Waals surface area contributed by atoms with Crippen LogP contribution < -0.4 is 5.73 Å². The van der Waals surface area contributed by atoms with Gasteiger partial charge in [-0.05, 0) is 37.9 Å². The second kappa shape index (κ2) is 8.61. The molecule has 34 heavy (non-hydrogen) atoms. The number of alkyl halides is 2. The normalized spacial score (nSPS) is 18.3. The summed E-state index contributed by atoms with van der Waals surface area (Å²) in [6.07, 6.45) is 10.8. The molecule has 0 atom stereocenters. The molecule has 0 bridgehead atoms. The van der Waals surface area contributed by atoms with E-state index < -0.39 is 11.7 Å². The highest BCUT2D eigenvalue weighted by Gasteiger charge is 2.38. The molecule has 0 spiro atoms. The number of halogens is 3. The predicted molar refractivity (Wildman–Crippen MR) is 120 cm³/mol. The van der Waals surface area contributed by atoms with Gasteiger partial charge < -0.3 is 10.1 Å². The van der Waals surface area contributed by atoms with E-state index in [0.29, 0.717) is 29.1 Å². The number of fused-ring (bicyclic) bond motifs is 2. The van der Waals surface area contributed by atoms with E-state index in [9.17, 15) is 18.4 Å². The molecule has 0 amide bonds. The molecule has 1 aliphatic carbocycles. The number of aromatic nitrogens is 5. The third-order valence-electron chi connectivity index (χ3n) is 6.40. The summed E-state index contributed by atoms with van der Waals surface area (Å²) in [6, 6.07) is 5.58. The Morgan fingerprint density at radius 2 is 2.03 bits per heavy atom. The van der Waals surface area contributed by atoms with Gasteiger partial charge in [-0.2, -0.15) is 10.2 Å². The van der Waals surface area contributed by atoms with Crippen LogP contribution >= 0.6 is 0 Å². The van der Waals surface area contributed by atoms with Crippen molar-refractivity contribution in [2.24, 2.45) is 0 Å². The predicted octanol–water partition coefficient (Wildman–Crippen LogP) is 3.91. The van der Waals surface area contributed by atoms with Gasteiger partial charge in [0.1, 0.15) is 11.6 Å². The largest absolute Gasteiger partial charge is 0.367 e. The topological polar surface area (TPSA) is 101 Å². The van der Waals surface area contributed by atoms with E-state index in [1.807, 2.05) is 11.0 Å². The second-order valence-electron chi connectivity index (χ2n) is 8.70. The van der Waals surface area contributed by atoms with Crippen LogP contribution in [0.5, 0.6) is 0 Å². The minimum absolute atomic E-state index is 0.00226. The van der Waals surface area contributed by atoms with Crippen LogP contribution in [-0.4, -0.2) is 53.9 Å². The number of anilines is 1. The van der Waals surface area contributed by atoms with Crippen molar-refractivity contribution in [1.29, 1.82) is 5.26 Å². The minimum atomic E-state index is -2.41. The summed E-state index contributed by atoms with van der Waals surface area (Å²) in [7, 11) is 0. The van der Waals surface area contributed by atoms with Gasteiger partial charge in [-0.1, -0.05) is 6.42 Å². The van der Waals surface area contributed by atoms with Crippen LogP contribution in [0.2, 0.25) is 0 Å². The third kappa shape index (κ3) is 4.17. The Labute approximate surface area is 193 Å². The first-order valence-corrected chi connectivity index (χ1v) is 11.1. The molecule has 2 N–H and O–H groups in total. The van der Waals surface area contributed by atoms with Crippen molar-refractivity contribution < 1.29 is 13.2 Å². The van der Waals surface area contributed by atoms with Crippen LogP contribution in [0, 0.1) is 17.1 Å². The molecule has 0 aromatic carbocycles. The number of piperidine rings is 1. The number of rotatable bonds is 2. The van der Waals surface area contributed by atoms with Gasteiger partial charge in [0.15, 0.2) is 17.2 Å². The number of likely N-dealkylation sites (tertiary alicyclic amines) is 1. The van der Waals surface area contributed by atoms with E-state index in [1.54, 1.807) is 29.1 Å². The Kier molecular flexibility index (Phi) is 5.61. The molecule has 176 valence electrons. The summed E-state index contributed by atoms with van der Waals surface area (Å²) < 4.78 is 43.0. The van der Waals surface area contributed by atoms with Crippen molar-refractivity contribution in [3.8, 4) is 17.2 Å². The number of imidazole rings is 1. The fraction of sp³-hybridized carbons (Fsp3) is 0.391. The lowest BCUT2D eigenvalue weighted by Gasteiger charge is -2.42. The van der Waals surface area contributed by atoms with Gasteiger partial charge in [-0.3, -0.25) is 4.90 Å². The van der Waals surface area contributed by atoms with E-state index in [1.165, 1.54) is 23.2 Å². The Morgan fingerprint density at radius 1 is 1.21 bits per heavy atom. The molecule has 11 heteroatoms. The third-order valence-corrected chi connectivity index (χ3v) is 6.40. The van der Waals surface area contributed by atoms with Crippen molar-refractivity contribution in [3.05, 3.63) is 48.4 Å². The van der Waals surface area contributed by atoms with E-state index in [4.69, 9.17) is 5.73 Å². The molecule has 5 heterocycles. The monoisotopic (exact) mass is 468 g/mol. The highest BCUT2D eigenvalue weighted by molar-refractivity contribution is 5.84. The summed E-state index contributed by atoms with van der Waals surface area (Å²) in [6.45, 7) is 0.901. The van der Waals surface area contributed by atoms with Crippen LogP contribution in [0.15, 0.2) is 36.9 Å². The molecule has 1 saturated heterocycles. The van der Waals surface area contributed by atoms with Crippen molar-refractivity contribution in [2.45, 2.75) is 44.1 Å². The van der Waals surface area contributed by atoms with Gasteiger partial charge in [-0.25, -0.2) is 22.7 Å². The van der Waals surface area contributed by atoms with Gasteiger partial charge in [-0.15, -0.1) is 5.10 Å². The van der Waals surface area contributed by atoms with Crippen molar-refractivity contribution in [3.63, 3.8) is 0 Å². The smallest absolute Gasteiger partial charge is 0.260 e. The van der Waals surface area contributed by atoms with E-state index in [0.717, 1.165) is 19.4 Å². The van der Waals surface area contributed by atoms with Crippen LogP contribution in [0.3, 0.4) is 0 Å². The zero-order valence-electron chi connectivity index (χ0n) is 18.3. The Hall–Kier alpha value is -3.65. The molecule has 2 fully saturated rings. The molecular formula is C23H23F3N8. The molecule has 4 aromatic rings. The fourth-order valence-corrected chi connectivity index (χ4v) is 4.55. The molecule has 1 saturated carbocycles. The molecule has 0 radical (unpaired) electrons. The number of nitrogens with two attached hydrogens (primary N) is 1. The Bertz CT molecular complexity index is 1380. The van der Waals surface area contributed by atoms with Crippen LogP contribution in [0.4, 0.5) is 19.1 Å². The summed E-state index contributed by atoms with van der Waals surface area (Å²) in [4.78, 5) is 9.84. The number of hydrogen-bond acceptors (Lipinski definition) is 6. The maximum atomic E-state index is 14.1. The average Bonchev–Trinajstić information content (AvgIpc) is 3.39. The van der Waals surface area contributed by atoms with Gasteiger partial charge in [0, 0.05) is 48.4 Å². The maximum Gasteiger partial charge on any atom is 0.260 e. The van der Waals surface area contributed by atoms with Gasteiger partial charge in [0.05, 0.1) is 6.54 Å². The van der Waals surface area contributed by atoms with Gasteiger partial charge in [0.25, 0.3) is 5.92 Å². The number of nitrogens with zero attached hydrogens (tertiary/aromatic N) is 7. The number of pyridine rings is 1. The van der Waals surface area contributed by atoms with Crippen molar-refractivity contribution >= 4 is 17.1 Å². The number of nitriles is 1. The van der Waals surface area contributed by atoms with E-state index in [-0.39, 0.29) is 30.3 Å². The molecule has 8 nitrogen and oxygen atoms in total. The molecular weight excluding hydrogens is 445 g/mol. The Balaban J connectivity index is 0.000000169. The Morgan fingerprint density at radius 3 is 2.74 bits per heavy atom. The molecule has 6 rings (SSSR count). The fourth-order valence-electron chi connectivity index (χ4n) is 4.55. The summed E-state index contributed by atoms with van der Waals surface area (Å²) >= 11 is 0. The maximum absolute atomic E-state index is 14.1. The second-order valence-corrected chi connectivity index (χ2v) is 8.70. The summed E-state index contributed by atoms with van der Waals surface area (Å²) in [5.74, 6) is -2.85. The standard InChI is InChI=1S/C14H8FN7.C9H15F2N/c15-10-5-8(7-21-4-2-18-13(10)21)9-1-3-22-12(9)11(6-16)19-14(17)20-22;10-9(11)5-2-6-12(7-9)8-3-1-4-8/h1-5,7H,(H2,17,20);8H,1-7H2.